The van der Waals surface area contributed by atoms with Gasteiger partial charge in [-0.15, -0.1) is 0 Å². The molecule has 0 rings (SSSR count). The van der Waals surface area contributed by atoms with E-state index >= 15 is 0 Å². The molecule has 0 aromatic heterocycles. The van der Waals surface area contributed by atoms with Gasteiger partial charge >= 0.3 is 15.2 Å². The molecule has 0 aliphatic heterocycles. The molecular weight excluding hydrogens is 314 g/mol. The van der Waals surface area contributed by atoms with E-state index in [1.807, 2.05) is 12.2 Å². The van der Waals surface area contributed by atoms with E-state index in [0.717, 1.165) is 13.1 Å². The van der Waals surface area contributed by atoms with Gasteiger partial charge in [0, 0.05) is 6.66 Å². The van der Waals surface area contributed by atoms with Crippen molar-refractivity contribution in [3.63, 3.8) is 0 Å². The fraction of sp³-hybridized carbons (Fsp3) is 0.846. The number of rotatable bonds is 9. The first-order valence-electron chi connectivity index (χ1n) is 7.21. The van der Waals surface area contributed by atoms with E-state index in [0.29, 0.717) is 6.42 Å². The summed E-state index contributed by atoms with van der Waals surface area (Å²) in [6.45, 7) is 4.64. The molecule has 128 valence electrons. The lowest BCUT2D eigenvalue weighted by molar-refractivity contribution is 0.360. The minimum Gasteiger partial charge on any atom is -0.325 e. The van der Waals surface area contributed by atoms with E-state index in [9.17, 15) is 9.13 Å². The smallest absolute Gasteiger partial charge is 0.325 e. The summed E-state index contributed by atoms with van der Waals surface area (Å²) in [5, 5.41) is 0. The molecule has 4 N–H and O–H groups in total. The van der Waals surface area contributed by atoms with Crippen LogP contribution in [0.15, 0.2) is 12.2 Å². The maximum atomic E-state index is 10.8. The van der Waals surface area contributed by atoms with Gasteiger partial charge in [0.1, 0.15) is 0 Å². The summed E-state index contributed by atoms with van der Waals surface area (Å²) >= 11 is 0. The Balaban J connectivity index is 0. The Kier molecular flexibility index (Phi) is 14.0. The van der Waals surface area contributed by atoms with Crippen molar-refractivity contribution >= 4 is 15.2 Å². The molecule has 0 aromatic carbocycles. The van der Waals surface area contributed by atoms with Gasteiger partial charge in [0.05, 0.1) is 5.66 Å². The fourth-order valence-electron chi connectivity index (χ4n) is 1.41. The van der Waals surface area contributed by atoms with Crippen LogP contribution in [0, 0.1) is 0 Å². The molecule has 0 amide bonds. The average molecular weight is 344 g/mol. The topological polar surface area (TPSA) is 115 Å². The second kappa shape index (κ2) is 12.6. The molecule has 0 bridgehead atoms. The standard InChI is InChI=1S/C12H25O3P.CH5O3P/c1-3-4-5-6-7-8-9-10-11-12(2)16(13,14)15;1-5(2,3)4/h9-10,12H,3-8,11H2,1-2H3,(H2,13,14,15);1H3,(H2,2,3,4). The van der Waals surface area contributed by atoms with E-state index < -0.39 is 20.9 Å². The lowest BCUT2D eigenvalue weighted by atomic mass is 10.1. The monoisotopic (exact) mass is 344 g/mol. The Bertz CT molecular complexity index is 349. The summed E-state index contributed by atoms with van der Waals surface area (Å²) in [6.07, 6.45) is 11.7. The number of hydrogen-bond acceptors (Lipinski definition) is 2. The van der Waals surface area contributed by atoms with Gasteiger partial charge in [-0.2, -0.15) is 0 Å². The molecular formula is C13H30O6P2. The SMILES string of the molecule is CCCCCCCC=CCC(C)P(=O)(O)O.CP(=O)(O)O. The zero-order valence-corrected chi connectivity index (χ0v) is 15.0. The van der Waals surface area contributed by atoms with Gasteiger partial charge in [-0.3, -0.25) is 9.13 Å². The Morgan fingerprint density at radius 3 is 1.86 bits per heavy atom. The molecule has 0 saturated heterocycles. The number of hydrogen-bond donors (Lipinski definition) is 4. The quantitative estimate of drug-likeness (QED) is 0.288. The van der Waals surface area contributed by atoms with Gasteiger partial charge < -0.3 is 19.6 Å². The first kappa shape index (κ1) is 23.3. The van der Waals surface area contributed by atoms with E-state index in [1.165, 1.54) is 32.1 Å². The van der Waals surface area contributed by atoms with Crippen LogP contribution < -0.4 is 0 Å². The zero-order chi connectivity index (χ0) is 16.9. The normalized spacial score (nSPS) is 13.9. The highest BCUT2D eigenvalue weighted by Crippen LogP contribution is 2.42. The summed E-state index contributed by atoms with van der Waals surface area (Å²) in [5.74, 6) is 0. The third kappa shape index (κ3) is 25.3. The van der Waals surface area contributed by atoms with Crippen molar-refractivity contribution in [1.82, 2.24) is 0 Å². The summed E-state index contributed by atoms with van der Waals surface area (Å²) in [6, 6.07) is 0. The molecule has 1 atom stereocenters. The average Bonchev–Trinajstić information content (AvgIpc) is 2.29. The van der Waals surface area contributed by atoms with Crippen molar-refractivity contribution in [3.05, 3.63) is 12.2 Å². The zero-order valence-electron chi connectivity index (χ0n) is 13.2. The van der Waals surface area contributed by atoms with Crippen LogP contribution in [0.5, 0.6) is 0 Å². The van der Waals surface area contributed by atoms with Crippen molar-refractivity contribution in [2.75, 3.05) is 6.66 Å². The third-order valence-corrected chi connectivity index (χ3v) is 4.05. The molecule has 21 heavy (non-hydrogen) atoms. The molecule has 0 aromatic rings. The van der Waals surface area contributed by atoms with Crippen LogP contribution in [-0.2, 0) is 9.13 Å². The van der Waals surface area contributed by atoms with Crippen LogP contribution in [0.25, 0.3) is 0 Å². The van der Waals surface area contributed by atoms with Gasteiger partial charge in [-0.25, -0.2) is 0 Å². The van der Waals surface area contributed by atoms with Gasteiger partial charge in [0.2, 0.25) is 0 Å². The van der Waals surface area contributed by atoms with Crippen LogP contribution in [0.4, 0.5) is 0 Å². The molecule has 8 heteroatoms. The van der Waals surface area contributed by atoms with Crippen molar-refractivity contribution in [1.29, 1.82) is 0 Å². The van der Waals surface area contributed by atoms with Crippen LogP contribution in [0.3, 0.4) is 0 Å². The minimum absolute atomic E-state index is 0.471. The molecule has 1 unspecified atom stereocenters. The molecule has 6 nitrogen and oxygen atoms in total. The number of unbranched alkanes of at least 4 members (excludes halogenated alkanes) is 5. The highest BCUT2D eigenvalue weighted by molar-refractivity contribution is 7.52. The predicted octanol–water partition coefficient (Wildman–Crippen LogP) is 3.65. The summed E-state index contributed by atoms with van der Waals surface area (Å²) in [5.41, 5.74) is -0.552. The summed E-state index contributed by atoms with van der Waals surface area (Å²) in [4.78, 5) is 33.0. The van der Waals surface area contributed by atoms with Crippen molar-refractivity contribution in [2.24, 2.45) is 0 Å². The van der Waals surface area contributed by atoms with E-state index in [2.05, 4.69) is 6.92 Å². The fourth-order valence-corrected chi connectivity index (χ4v) is 1.81. The van der Waals surface area contributed by atoms with Crippen molar-refractivity contribution in [2.45, 2.75) is 64.5 Å². The molecule has 0 radical (unpaired) electrons. The molecule has 0 aliphatic carbocycles. The first-order valence-corrected chi connectivity index (χ1v) is 11.0. The Morgan fingerprint density at radius 1 is 0.952 bits per heavy atom. The Morgan fingerprint density at radius 2 is 1.43 bits per heavy atom. The lowest BCUT2D eigenvalue weighted by Gasteiger charge is -2.09. The summed E-state index contributed by atoms with van der Waals surface area (Å²) < 4.78 is 20.2. The largest absolute Gasteiger partial charge is 0.328 e. The van der Waals surface area contributed by atoms with E-state index in [1.54, 1.807) is 6.92 Å². The van der Waals surface area contributed by atoms with Gasteiger partial charge in [0.25, 0.3) is 0 Å². The van der Waals surface area contributed by atoms with Crippen molar-refractivity contribution < 1.29 is 28.7 Å². The highest BCUT2D eigenvalue weighted by Gasteiger charge is 2.21. The van der Waals surface area contributed by atoms with Crippen LogP contribution in [0.1, 0.15) is 58.8 Å². The maximum absolute atomic E-state index is 10.8. The predicted molar refractivity (Wildman–Crippen MR) is 86.6 cm³/mol. The summed E-state index contributed by atoms with van der Waals surface area (Å²) in [7, 11) is -7.52. The van der Waals surface area contributed by atoms with Gasteiger partial charge in [-0.05, 0) is 19.3 Å². The second-order valence-electron chi connectivity index (χ2n) is 5.18. The van der Waals surface area contributed by atoms with Crippen LogP contribution in [-0.4, -0.2) is 31.9 Å². The molecule has 0 fully saturated rings. The highest BCUT2D eigenvalue weighted by atomic mass is 31.2. The Labute approximate surface area is 128 Å². The molecule has 0 heterocycles. The van der Waals surface area contributed by atoms with E-state index in [-0.39, 0.29) is 0 Å². The third-order valence-electron chi connectivity index (χ3n) is 2.69. The lowest BCUT2D eigenvalue weighted by Crippen LogP contribution is -2.00. The van der Waals surface area contributed by atoms with Gasteiger partial charge in [-0.1, -0.05) is 51.7 Å². The first-order chi connectivity index (χ1) is 9.48. The molecule has 0 spiro atoms. The maximum Gasteiger partial charge on any atom is 0.328 e. The Hall–Kier alpha value is 0.0400. The van der Waals surface area contributed by atoms with Gasteiger partial charge in [0.15, 0.2) is 0 Å². The minimum atomic E-state index is -3.88. The molecule has 0 aliphatic rings. The second-order valence-corrected chi connectivity index (χ2v) is 8.91. The van der Waals surface area contributed by atoms with Crippen LogP contribution in [0.2, 0.25) is 0 Å². The van der Waals surface area contributed by atoms with E-state index in [4.69, 9.17) is 19.6 Å². The van der Waals surface area contributed by atoms with Crippen LogP contribution >= 0.6 is 15.2 Å². The van der Waals surface area contributed by atoms with Crippen molar-refractivity contribution in [3.8, 4) is 0 Å². The molecule has 0 saturated carbocycles. The number of allylic oxidation sites excluding steroid dienone is 2.